The second kappa shape index (κ2) is 10.7. The van der Waals surface area contributed by atoms with Crippen LogP contribution in [0, 0.1) is 6.92 Å². The van der Waals surface area contributed by atoms with E-state index in [-0.39, 0.29) is 42.0 Å². The van der Waals surface area contributed by atoms with Crippen LogP contribution in [-0.4, -0.2) is 70.2 Å². The van der Waals surface area contributed by atoms with Crippen LogP contribution < -0.4 is 19.9 Å². The number of nitrogens with zero attached hydrogens (tertiary/aromatic N) is 6. The highest BCUT2D eigenvalue weighted by molar-refractivity contribution is 6.04. The van der Waals surface area contributed by atoms with Crippen molar-refractivity contribution in [3.8, 4) is 17.3 Å². The molecule has 11 nitrogen and oxygen atoms in total. The zero-order valence-electron chi connectivity index (χ0n) is 23.3. The van der Waals surface area contributed by atoms with Crippen molar-refractivity contribution < 1.29 is 32.2 Å². The summed E-state index contributed by atoms with van der Waals surface area (Å²) < 4.78 is 57.3. The maximum atomic E-state index is 13.8. The van der Waals surface area contributed by atoms with Crippen LogP contribution in [0.15, 0.2) is 36.5 Å². The normalized spacial score (nSPS) is 21.2. The van der Waals surface area contributed by atoms with Gasteiger partial charge in [0.2, 0.25) is 11.8 Å². The summed E-state index contributed by atoms with van der Waals surface area (Å²) in [5.41, 5.74) is 0.647. The highest BCUT2D eigenvalue weighted by Crippen LogP contribution is 2.41. The Morgan fingerprint density at radius 2 is 2.05 bits per heavy atom. The number of anilines is 3. The SMILES string of the molecule is Cc1nc(-c2cccc(C(F)(F)F)c2)nc2c1N1CCCC(C1)N2C(=O)Nc1nccc(OC[C@H]2COC(C)(C)O2)n1. The van der Waals surface area contributed by atoms with Gasteiger partial charge in [-0.3, -0.25) is 10.2 Å². The van der Waals surface area contributed by atoms with Crippen LogP contribution in [0.2, 0.25) is 0 Å². The molecule has 0 saturated carbocycles. The van der Waals surface area contributed by atoms with E-state index in [2.05, 4.69) is 30.2 Å². The molecule has 2 fully saturated rings. The molecule has 2 aromatic heterocycles. The number of aromatic nitrogens is 4. The highest BCUT2D eigenvalue weighted by Gasteiger charge is 2.40. The first-order chi connectivity index (χ1) is 20.0. The first-order valence-electron chi connectivity index (χ1n) is 13.7. The molecule has 5 heterocycles. The molecule has 1 aromatic carbocycles. The van der Waals surface area contributed by atoms with Gasteiger partial charge in [-0.1, -0.05) is 12.1 Å². The number of nitrogens with one attached hydrogen (secondary N) is 1. The van der Waals surface area contributed by atoms with Crippen molar-refractivity contribution in [2.24, 2.45) is 0 Å². The van der Waals surface area contributed by atoms with E-state index in [1.165, 1.54) is 18.3 Å². The maximum Gasteiger partial charge on any atom is 0.416 e. The Bertz CT molecular complexity index is 1500. The number of aryl methyl sites for hydroxylation is 1. The number of alkyl halides is 3. The number of carbonyl (C=O) groups excluding carboxylic acids is 1. The Morgan fingerprint density at radius 1 is 1.21 bits per heavy atom. The number of fused-ring (bicyclic) bond motifs is 4. The summed E-state index contributed by atoms with van der Waals surface area (Å²) in [6.07, 6.45) is -1.72. The lowest BCUT2D eigenvalue weighted by molar-refractivity contribution is -0.141. The van der Waals surface area contributed by atoms with Crippen molar-refractivity contribution in [3.05, 3.63) is 47.8 Å². The number of hydrogen-bond acceptors (Lipinski definition) is 9. The predicted molar refractivity (Wildman–Crippen MR) is 146 cm³/mol. The molecule has 3 aliphatic rings. The van der Waals surface area contributed by atoms with Gasteiger partial charge in [-0.05, 0) is 45.7 Å². The van der Waals surface area contributed by atoms with Gasteiger partial charge >= 0.3 is 12.2 Å². The number of piperidine rings is 1. The minimum absolute atomic E-state index is 0.0325. The number of ether oxygens (including phenoxy) is 3. The van der Waals surface area contributed by atoms with E-state index < -0.39 is 23.6 Å². The fourth-order valence-electron chi connectivity index (χ4n) is 5.52. The lowest BCUT2D eigenvalue weighted by atomic mass is 9.99. The Morgan fingerprint density at radius 3 is 2.81 bits per heavy atom. The number of benzene rings is 1. The molecule has 6 rings (SSSR count). The van der Waals surface area contributed by atoms with Gasteiger partial charge in [0.15, 0.2) is 17.4 Å². The zero-order valence-corrected chi connectivity index (χ0v) is 23.3. The van der Waals surface area contributed by atoms with Crippen LogP contribution in [0.5, 0.6) is 5.88 Å². The quantitative estimate of drug-likeness (QED) is 0.450. The summed E-state index contributed by atoms with van der Waals surface area (Å²) in [5, 5.41) is 2.75. The van der Waals surface area contributed by atoms with Crippen LogP contribution in [0.4, 0.5) is 35.4 Å². The van der Waals surface area contributed by atoms with Gasteiger partial charge in [0.25, 0.3) is 0 Å². The molecule has 3 aliphatic heterocycles. The molecule has 0 aliphatic carbocycles. The largest absolute Gasteiger partial charge is 0.475 e. The number of amides is 2. The average Bonchev–Trinajstić information content (AvgIpc) is 3.30. The number of carbonyl (C=O) groups is 1. The van der Waals surface area contributed by atoms with Gasteiger partial charge in [0.1, 0.15) is 18.4 Å². The van der Waals surface area contributed by atoms with E-state index in [1.54, 1.807) is 17.9 Å². The smallest absolute Gasteiger partial charge is 0.416 e. The van der Waals surface area contributed by atoms with Gasteiger partial charge in [-0.15, -0.1) is 0 Å². The minimum atomic E-state index is -4.51. The molecule has 2 saturated heterocycles. The van der Waals surface area contributed by atoms with Crippen LogP contribution in [0.25, 0.3) is 11.4 Å². The monoisotopic (exact) mass is 585 g/mol. The summed E-state index contributed by atoms with van der Waals surface area (Å²) in [6, 6.07) is 5.70. The van der Waals surface area contributed by atoms with Crippen molar-refractivity contribution >= 4 is 23.5 Å². The lowest BCUT2D eigenvalue weighted by Crippen LogP contribution is -2.56. The van der Waals surface area contributed by atoms with E-state index >= 15 is 0 Å². The molecule has 1 unspecified atom stereocenters. The zero-order chi connectivity index (χ0) is 29.6. The average molecular weight is 586 g/mol. The van der Waals surface area contributed by atoms with E-state index in [0.29, 0.717) is 30.4 Å². The summed E-state index contributed by atoms with van der Waals surface area (Å²) in [7, 11) is 0. The van der Waals surface area contributed by atoms with Crippen molar-refractivity contribution in [2.45, 2.75) is 57.7 Å². The molecule has 0 spiro atoms. The van der Waals surface area contributed by atoms with Gasteiger partial charge < -0.3 is 19.1 Å². The molecule has 1 N–H and O–H groups in total. The van der Waals surface area contributed by atoms with Crippen LogP contribution in [0.3, 0.4) is 0 Å². The van der Waals surface area contributed by atoms with Crippen LogP contribution >= 0.6 is 0 Å². The Hall–Kier alpha value is -4.04. The molecule has 0 radical (unpaired) electrons. The van der Waals surface area contributed by atoms with Crippen molar-refractivity contribution in [2.75, 3.05) is 41.4 Å². The standard InChI is InChI=1S/C28H30F3N7O4/c1-16-22-24(35-23(33-16)17-6-4-7-18(12-17)28(29,30)31)38(19-8-5-11-37(22)13-19)26(39)36-25-32-10-9-21(34-25)40-14-20-15-41-27(2,3)42-20/h4,6-7,9-10,12,19-20H,5,8,11,13-15H2,1-3H3,(H,32,34,36,39)/t19?,20-/m0/s1. The van der Waals surface area contributed by atoms with E-state index in [4.69, 9.17) is 14.2 Å². The summed E-state index contributed by atoms with van der Waals surface area (Å²) in [6.45, 7) is 7.36. The van der Waals surface area contributed by atoms with E-state index in [0.717, 1.165) is 31.5 Å². The molecular weight excluding hydrogens is 555 g/mol. The lowest BCUT2D eigenvalue weighted by Gasteiger charge is -2.46. The van der Waals surface area contributed by atoms with Gasteiger partial charge in [-0.2, -0.15) is 18.2 Å². The van der Waals surface area contributed by atoms with Crippen LogP contribution in [0.1, 0.15) is 37.9 Å². The molecule has 2 bridgehead atoms. The second-order valence-electron chi connectivity index (χ2n) is 10.9. The first-order valence-corrected chi connectivity index (χ1v) is 13.7. The maximum absolute atomic E-state index is 13.8. The molecule has 14 heteroatoms. The third-order valence-electron chi connectivity index (χ3n) is 7.35. The fourth-order valence-corrected chi connectivity index (χ4v) is 5.52. The van der Waals surface area contributed by atoms with Gasteiger partial charge in [-0.25, -0.2) is 19.7 Å². The molecule has 2 atom stereocenters. The third kappa shape index (κ3) is 5.68. The van der Waals surface area contributed by atoms with Gasteiger partial charge in [0, 0.05) is 30.9 Å². The fraction of sp³-hybridized carbons (Fsp3) is 0.464. The number of urea groups is 1. The van der Waals surface area contributed by atoms with Crippen molar-refractivity contribution in [1.29, 1.82) is 0 Å². The van der Waals surface area contributed by atoms with Gasteiger partial charge in [0.05, 0.1) is 23.9 Å². The highest BCUT2D eigenvalue weighted by atomic mass is 19.4. The molecule has 2 amide bonds. The molecule has 42 heavy (non-hydrogen) atoms. The second-order valence-corrected chi connectivity index (χ2v) is 10.9. The Labute approximate surface area is 240 Å². The van der Waals surface area contributed by atoms with Crippen LogP contribution in [-0.2, 0) is 15.7 Å². The van der Waals surface area contributed by atoms with Crippen molar-refractivity contribution in [1.82, 2.24) is 19.9 Å². The predicted octanol–water partition coefficient (Wildman–Crippen LogP) is 4.81. The van der Waals surface area contributed by atoms with E-state index in [9.17, 15) is 18.0 Å². The topological polar surface area (TPSA) is 115 Å². The molecule has 222 valence electrons. The Kier molecular flexibility index (Phi) is 7.13. The van der Waals surface area contributed by atoms with Crippen molar-refractivity contribution in [3.63, 3.8) is 0 Å². The molecular formula is C28H30F3N7O4. The van der Waals surface area contributed by atoms with E-state index in [1.807, 2.05) is 13.8 Å². The summed E-state index contributed by atoms with van der Waals surface area (Å²) in [4.78, 5) is 35.1. The minimum Gasteiger partial charge on any atom is -0.475 e. The first kappa shape index (κ1) is 28.1. The number of rotatable bonds is 5. The Balaban J connectivity index is 1.27. The summed E-state index contributed by atoms with van der Waals surface area (Å²) in [5.74, 6) is 0.0360. The molecule has 3 aromatic rings. The summed E-state index contributed by atoms with van der Waals surface area (Å²) >= 11 is 0. The number of halogens is 3. The number of hydrogen-bond donors (Lipinski definition) is 1. The third-order valence-corrected chi connectivity index (χ3v) is 7.35.